The molecule has 0 fully saturated rings. The van der Waals surface area contributed by atoms with Gasteiger partial charge in [-0.2, -0.15) is 0 Å². The predicted molar refractivity (Wildman–Crippen MR) is 45.3 cm³/mol. The van der Waals surface area contributed by atoms with Crippen molar-refractivity contribution >= 4 is 35.1 Å². The Kier molecular flexibility index (Phi) is 2.01. The van der Waals surface area contributed by atoms with Crippen LogP contribution in [0.5, 0.6) is 0 Å². The van der Waals surface area contributed by atoms with Crippen molar-refractivity contribution in [3.8, 4) is 0 Å². The molecule has 0 bridgehead atoms. The lowest BCUT2D eigenvalue weighted by atomic mass is 10.7. The standard InChI is InChI=1S/C4H3IN2OS/c5-7-3(8)1-2-6-4(7)9/h1-2H,(H,6,9). The molecule has 0 radical (unpaired) electrons. The van der Waals surface area contributed by atoms with Crippen LogP contribution < -0.4 is 5.56 Å². The lowest BCUT2D eigenvalue weighted by molar-refractivity contribution is 1.06. The smallest absolute Gasteiger partial charge is 0.263 e. The minimum Gasteiger partial charge on any atom is -0.338 e. The number of rotatable bonds is 0. The summed E-state index contributed by atoms with van der Waals surface area (Å²) in [5.41, 5.74) is -0.0978. The van der Waals surface area contributed by atoms with Crippen molar-refractivity contribution in [2.24, 2.45) is 0 Å². The van der Waals surface area contributed by atoms with Crippen molar-refractivity contribution in [1.29, 1.82) is 0 Å². The second-order valence-corrected chi connectivity index (χ2v) is 2.75. The van der Waals surface area contributed by atoms with Gasteiger partial charge in [-0.25, -0.2) is 2.78 Å². The summed E-state index contributed by atoms with van der Waals surface area (Å²) in [6.45, 7) is 0. The lowest BCUT2D eigenvalue weighted by Crippen LogP contribution is -2.10. The molecule has 1 aromatic heterocycles. The van der Waals surface area contributed by atoms with Crippen LogP contribution in [0.3, 0.4) is 0 Å². The third kappa shape index (κ3) is 1.39. The molecular formula is C4H3IN2OS. The summed E-state index contributed by atoms with van der Waals surface area (Å²) in [5.74, 6) is 0. The topological polar surface area (TPSA) is 37.8 Å². The molecule has 5 heteroatoms. The Morgan fingerprint density at radius 1 is 1.78 bits per heavy atom. The third-order valence-corrected chi connectivity index (χ3v) is 2.39. The van der Waals surface area contributed by atoms with Gasteiger partial charge in [0.25, 0.3) is 5.56 Å². The van der Waals surface area contributed by atoms with Gasteiger partial charge in [-0.15, -0.1) is 0 Å². The maximum atomic E-state index is 10.7. The number of hydrogen-bond donors (Lipinski definition) is 1. The number of aromatic amines is 1. The van der Waals surface area contributed by atoms with Crippen molar-refractivity contribution in [3.05, 3.63) is 27.4 Å². The first-order chi connectivity index (χ1) is 4.22. The number of aromatic nitrogens is 2. The summed E-state index contributed by atoms with van der Waals surface area (Å²) in [6.07, 6.45) is 1.53. The first kappa shape index (κ1) is 6.94. The molecule has 1 heterocycles. The number of halogens is 1. The van der Waals surface area contributed by atoms with Gasteiger partial charge in [0, 0.05) is 12.3 Å². The van der Waals surface area contributed by atoms with Gasteiger partial charge in [0.1, 0.15) is 0 Å². The highest BCUT2D eigenvalue weighted by molar-refractivity contribution is 14.1. The summed E-state index contributed by atoms with van der Waals surface area (Å²) in [7, 11) is 0. The second-order valence-electron chi connectivity index (χ2n) is 1.40. The van der Waals surface area contributed by atoms with E-state index in [-0.39, 0.29) is 5.56 Å². The Morgan fingerprint density at radius 2 is 2.44 bits per heavy atom. The van der Waals surface area contributed by atoms with Crippen LogP contribution in [0, 0.1) is 4.77 Å². The number of hydrogen-bond acceptors (Lipinski definition) is 2. The largest absolute Gasteiger partial charge is 0.338 e. The first-order valence-electron chi connectivity index (χ1n) is 2.19. The number of H-pyrrole nitrogens is 1. The van der Waals surface area contributed by atoms with Crippen molar-refractivity contribution in [1.82, 2.24) is 7.76 Å². The fourth-order valence-corrected chi connectivity index (χ4v) is 0.865. The van der Waals surface area contributed by atoms with Gasteiger partial charge < -0.3 is 4.98 Å². The molecule has 0 spiro atoms. The highest BCUT2D eigenvalue weighted by Crippen LogP contribution is 1.86. The molecule has 0 aromatic carbocycles. The molecule has 48 valence electrons. The van der Waals surface area contributed by atoms with E-state index in [0.29, 0.717) is 4.77 Å². The molecule has 0 saturated heterocycles. The van der Waals surface area contributed by atoms with E-state index < -0.39 is 0 Å². The summed E-state index contributed by atoms with van der Waals surface area (Å²) in [5, 5.41) is 0. The summed E-state index contributed by atoms with van der Waals surface area (Å²) in [6, 6.07) is 1.42. The Labute approximate surface area is 70.2 Å². The Hall–Kier alpha value is -0.170. The van der Waals surface area contributed by atoms with E-state index >= 15 is 0 Å². The molecule has 0 aliphatic carbocycles. The molecule has 1 aromatic rings. The Balaban J connectivity index is 3.62. The Bertz CT molecular complexity index is 287. The van der Waals surface area contributed by atoms with Crippen LogP contribution in [0.2, 0.25) is 0 Å². The number of nitrogens with zero attached hydrogens (tertiary/aromatic N) is 1. The summed E-state index contributed by atoms with van der Waals surface area (Å²) < 4.78 is 1.77. The van der Waals surface area contributed by atoms with Crippen molar-refractivity contribution < 1.29 is 0 Å². The second kappa shape index (κ2) is 2.61. The third-order valence-electron chi connectivity index (χ3n) is 0.805. The zero-order valence-corrected chi connectivity index (χ0v) is 7.27. The molecule has 9 heavy (non-hydrogen) atoms. The summed E-state index contributed by atoms with van der Waals surface area (Å²) in [4.78, 5) is 13.4. The first-order valence-corrected chi connectivity index (χ1v) is 3.56. The average molecular weight is 254 g/mol. The van der Waals surface area contributed by atoms with Crippen LogP contribution >= 0.6 is 35.1 Å². The van der Waals surface area contributed by atoms with Gasteiger partial charge >= 0.3 is 0 Å². The zero-order valence-electron chi connectivity index (χ0n) is 4.30. The minimum absolute atomic E-state index is 0.0978. The molecule has 0 amide bonds. The molecule has 1 rings (SSSR count). The maximum Gasteiger partial charge on any atom is 0.263 e. The quantitative estimate of drug-likeness (QED) is 0.556. The highest BCUT2D eigenvalue weighted by atomic mass is 127. The SMILES string of the molecule is O=c1cc[nH]c(=S)n1I. The van der Waals surface area contributed by atoms with Gasteiger partial charge in [0.2, 0.25) is 0 Å². The number of nitrogens with one attached hydrogen (secondary N) is 1. The van der Waals surface area contributed by atoms with Crippen LogP contribution in [0.15, 0.2) is 17.1 Å². The van der Waals surface area contributed by atoms with Gasteiger partial charge in [-0.1, -0.05) is 0 Å². The van der Waals surface area contributed by atoms with Crippen LogP contribution in [0.1, 0.15) is 0 Å². The average Bonchev–Trinajstić information content (AvgIpc) is 1.83. The van der Waals surface area contributed by atoms with Crippen LogP contribution in [0.25, 0.3) is 0 Å². The zero-order chi connectivity index (χ0) is 6.85. The minimum atomic E-state index is -0.0978. The van der Waals surface area contributed by atoms with Crippen molar-refractivity contribution in [2.75, 3.05) is 0 Å². The lowest BCUT2D eigenvalue weighted by Gasteiger charge is -1.89. The molecule has 3 nitrogen and oxygen atoms in total. The molecule has 0 aliphatic heterocycles. The van der Waals surface area contributed by atoms with Gasteiger partial charge in [0.15, 0.2) is 4.77 Å². The van der Waals surface area contributed by atoms with E-state index in [1.807, 2.05) is 22.9 Å². The van der Waals surface area contributed by atoms with E-state index in [1.54, 1.807) is 0 Å². The highest BCUT2D eigenvalue weighted by Gasteiger charge is 1.87. The fraction of sp³-hybridized carbons (Fsp3) is 0. The van der Waals surface area contributed by atoms with E-state index in [9.17, 15) is 4.79 Å². The normalized spacial score (nSPS) is 9.44. The molecule has 1 N–H and O–H groups in total. The van der Waals surface area contributed by atoms with E-state index in [0.717, 1.165) is 0 Å². The molecular weight excluding hydrogens is 251 g/mol. The molecule has 0 aliphatic rings. The van der Waals surface area contributed by atoms with Gasteiger partial charge in [0.05, 0.1) is 22.9 Å². The Morgan fingerprint density at radius 3 is 2.89 bits per heavy atom. The van der Waals surface area contributed by atoms with Crippen molar-refractivity contribution in [2.45, 2.75) is 0 Å². The van der Waals surface area contributed by atoms with Gasteiger partial charge in [-0.3, -0.25) is 4.79 Å². The predicted octanol–water partition coefficient (Wildman–Crippen LogP) is 1.10. The fourth-order valence-electron chi connectivity index (χ4n) is 0.406. The van der Waals surface area contributed by atoms with E-state index in [2.05, 4.69) is 4.98 Å². The maximum absolute atomic E-state index is 10.7. The molecule has 0 atom stereocenters. The summed E-state index contributed by atoms with van der Waals surface area (Å²) >= 11 is 6.58. The van der Waals surface area contributed by atoms with Crippen molar-refractivity contribution in [3.63, 3.8) is 0 Å². The van der Waals surface area contributed by atoms with E-state index in [1.165, 1.54) is 15.0 Å². The van der Waals surface area contributed by atoms with Crippen LogP contribution in [0.4, 0.5) is 0 Å². The van der Waals surface area contributed by atoms with Gasteiger partial charge in [-0.05, 0) is 12.2 Å². The van der Waals surface area contributed by atoms with Crippen LogP contribution in [-0.2, 0) is 0 Å². The monoisotopic (exact) mass is 254 g/mol. The molecule has 0 unspecified atom stereocenters. The molecule has 0 saturated carbocycles. The van der Waals surface area contributed by atoms with E-state index in [4.69, 9.17) is 12.2 Å². The van der Waals surface area contributed by atoms with Crippen LogP contribution in [-0.4, -0.2) is 7.76 Å².